The third-order valence-corrected chi connectivity index (χ3v) is 4.53. The van der Waals surface area contributed by atoms with E-state index in [0.717, 1.165) is 55.7 Å². The summed E-state index contributed by atoms with van der Waals surface area (Å²) in [5, 5.41) is 0. The molecule has 1 atom stereocenters. The fourth-order valence-electron chi connectivity index (χ4n) is 3.32. The molecule has 1 fully saturated rings. The molecule has 1 saturated heterocycles. The van der Waals surface area contributed by atoms with Gasteiger partial charge in [0.1, 0.15) is 5.82 Å². The number of unbranched alkanes of at least 4 members (excludes halogenated alkanes) is 1. The molecule has 1 aromatic carbocycles. The van der Waals surface area contributed by atoms with Crippen molar-refractivity contribution in [1.82, 2.24) is 14.9 Å². The SMILES string of the molecule is COCCCCC(=O)N1CCCC1c1nc2ccc(C)cc2[nH]1. The second-order valence-electron chi connectivity index (χ2n) is 6.34. The number of fused-ring (bicyclic) bond motifs is 1. The van der Waals surface area contributed by atoms with Crippen LogP contribution in [0.3, 0.4) is 0 Å². The summed E-state index contributed by atoms with van der Waals surface area (Å²) >= 11 is 0. The molecule has 2 aromatic rings. The van der Waals surface area contributed by atoms with Gasteiger partial charge in [-0.25, -0.2) is 4.98 Å². The molecule has 0 radical (unpaired) electrons. The Balaban J connectivity index is 1.71. The average Bonchev–Trinajstić information content (AvgIpc) is 3.16. The number of aryl methyl sites for hydroxylation is 1. The van der Waals surface area contributed by atoms with E-state index in [2.05, 4.69) is 24.0 Å². The molecule has 1 amide bonds. The van der Waals surface area contributed by atoms with Crippen molar-refractivity contribution in [2.24, 2.45) is 0 Å². The molecule has 0 bridgehead atoms. The number of amides is 1. The van der Waals surface area contributed by atoms with Crippen LogP contribution >= 0.6 is 0 Å². The lowest BCUT2D eigenvalue weighted by molar-refractivity contribution is -0.132. The van der Waals surface area contributed by atoms with Crippen molar-refractivity contribution in [3.8, 4) is 0 Å². The second kappa shape index (κ2) is 7.13. The first-order chi connectivity index (χ1) is 11.2. The number of methoxy groups -OCH3 is 1. The Morgan fingerprint density at radius 1 is 1.43 bits per heavy atom. The van der Waals surface area contributed by atoms with Gasteiger partial charge in [0.15, 0.2) is 0 Å². The topological polar surface area (TPSA) is 58.2 Å². The molecule has 0 saturated carbocycles. The smallest absolute Gasteiger partial charge is 0.223 e. The maximum atomic E-state index is 12.5. The van der Waals surface area contributed by atoms with Crippen LogP contribution in [0.5, 0.6) is 0 Å². The molecule has 3 rings (SSSR count). The van der Waals surface area contributed by atoms with Crippen LogP contribution in [0.4, 0.5) is 0 Å². The quantitative estimate of drug-likeness (QED) is 0.832. The minimum atomic E-state index is 0.0950. The van der Waals surface area contributed by atoms with E-state index in [9.17, 15) is 4.79 Å². The molecule has 0 spiro atoms. The van der Waals surface area contributed by atoms with Gasteiger partial charge in [-0.2, -0.15) is 0 Å². The second-order valence-corrected chi connectivity index (χ2v) is 6.34. The Labute approximate surface area is 137 Å². The Morgan fingerprint density at radius 3 is 3.13 bits per heavy atom. The molecule has 1 N–H and O–H groups in total. The van der Waals surface area contributed by atoms with Crippen molar-refractivity contribution < 1.29 is 9.53 Å². The van der Waals surface area contributed by atoms with Gasteiger partial charge in [0.2, 0.25) is 5.91 Å². The Hall–Kier alpha value is -1.88. The number of nitrogens with zero attached hydrogens (tertiary/aromatic N) is 2. The number of benzene rings is 1. The zero-order valence-corrected chi connectivity index (χ0v) is 14.0. The standard InChI is InChI=1S/C18H25N3O2/c1-13-8-9-14-15(12-13)20-18(19-14)16-6-5-10-21(16)17(22)7-3-4-11-23-2/h8-9,12,16H,3-7,10-11H2,1-2H3,(H,19,20). The van der Waals surface area contributed by atoms with Crippen LogP contribution in [0.1, 0.15) is 49.5 Å². The van der Waals surface area contributed by atoms with Crippen molar-refractivity contribution in [2.45, 2.75) is 45.1 Å². The molecule has 1 unspecified atom stereocenters. The Morgan fingerprint density at radius 2 is 2.30 bits per heavy atom. The van der Waals surface area contributed by atoms with E-state index in [4.69, 9.17) is 9.72 Å². The molecule has 1 aliphatic heterocycles. The summed E-state index contributed by atoms with van der Waals surface area (Å²) in [7, 11) is 1.70. The summed E-state index contributed by atoms with van der Waals surface area (Å²) in [6.07, 6.45) is 4.45. The van der Waals surface area contributed by atoms with Gasteiger partial charge in [-0.05, 0) is 50.3 Å². The maximum absolute atomic E-state index is 12.5. The number of hydrogen-bond acceptors (Lipinski definition) is 3. The lowest BCUT2D eigenvalue weighted by Crippen LogP contribution is -2.30. The van der Waals surface area contributed by atoms with Crippen LogP contribution in [-0.2, 0) is 9.53 Å². The van der Waals surface area contributed by atoms with Crippen molar-refractivity contribution >= 4 is 16.9 Å². The van der Waals surface area contributed by atoms with Crippen LogP contribution in [0, 0.1) is 6.92 Å². The summed E-state index contributed by atoms with van der Waals surface area (Å²) in [5.74, 6) is 1.16. The van der Waals surface area contributed by atoms with E-state index < -0.39 is 0 Å². The zero-order chi connectivity index (χ0) is 16.2. The number of H-pyrrole nitrogens is 1. The highest BCUT2D eigenvalue weighted by atomic mass is 16.5. The van der Waals surface area contributed by atoms with Gasteiger partial charge in [-0.1, -0.05) is 6.07 Å². The number of rotatable bonds is 6. The van der Waals surface area contributed by atoms with Gasteiger partial charge < -0.3 is 14.6 Å². The number of imidazole rings is 1. The average molecular weight is 315 g/mol. The molecule has 5 nitrogen and oxygen atoms in total. The first-order valence-corrected chi connectivity index (χ1v) is 8.43. The van der Waals surface area contributed by atoms with Crippen LogP contribution in [0.2, 0.25) is 0 Å². The minimum Gasteiger partial charge on any atom is -0.385 e. The van der Waals surface area contributed by atoms with E-state index in [1.54, 1.807) is 7.11 Å². The number of likely N-dealkylation sites (tertiary alicyclic amines) is 1. The monoisotopic (exact) mass is 315 g/mol. The van der Waals surface area contributed by atoms with E-state index in [1.807, 2.05) is 11.0 Å². The molecule has 23 heavy (non-hydrogen) atoms. The van der Waals surface area contributed by atoms with Gasteiger partial charge >= 0.3 is 0 Å². The lowest BCUT2D eigenvalue weighted by atomic mass is 10.2. The highest BCUT2D eigenvalue weighted by Crippen LogP contribution is 2.32. The Bertz CT molecular complexity index is 680. The lowest BCUT2D eigenvalue weighted by Gasteiger charge is -2.23. The highest BCUT2D eigenvalue weighted by molar-refractivity contribution is 5.78. The number of aromatic nitrogens is 2. The molecule has 5 heteroatoms. The molecule has 1 aromatic heterocycles. The van der Waals surface area contributed by atoms with Gasteiger partial charge in [0, 0.05) is 26.7 Å². The summed E-state index contributed by atoms with van der Waals surface area (Å²) in [6, 6.07) is 6.31. The van der Waals surface area contributed by atoms with Crippen molar-refractivity contribution in [1.29, 1.82) is 0 Å². The van der Waals surface area contributed by atoms with Crippen molar-refractivity contribution in [2.75, 3.05) is 20.3 Å². The first-order valence-electron chi connectivity index (χ1n) is 8.43. The molecular formula is C18H25N3O2. The third-order valence-electron chi connectivity index (χ3n) is 4.53. The van der Waals surface area contributed by atoms with Gasteiger partial charge in [0.25, 0.3) is 0 Å². The molecular weight excluding hydrogens is 290 g/mol. The summed E-state index contributed by atoms with van der Waals surface area (Å²) < 4.78 is 5.04. The van der Waals surface area contributed by atoms with E-state index >= 15 is 0 Å². The van der Waals surface area contributed by atoms with Crippen LogP contribution in [-0.4, -0.2) is 41.0 Å². The van der Waals surface area contributed by atoms with Crippen LogP contribution in [0.15, 0.2) is 18.2 Å². The summed E-state index contributed by atoms with van der Waals surface area (Å²) in [4.78, 5) is 22.6. The normalized spacial score (nSPS) is 18.0. The number of ether oxygens (including phenoxy) is 1. The van der Waals surface area contributed by atoms with Gasteiger partial charge in [-0.15, -0.1) is 0 Å². The number of hydrogen-bond donors (Lipinski definition) is 1. The molecule has 124 valence electrons. The number of aromatic amines is 1. The highest BCUT2D eigenvalue weighted by Gasteiger charge is 2.31. The fraction of sp³-hybridized carbons (Fsp3) is 0.556. The van der Waals surface area contributed by atoms with Crippen molar-refractivity contribution in [3.05, 3.63) is 29.6 Å². The fourth-order valence-corrected chi connectivity index (χ4v) is 3.32. The van der Waals surface area contributed by atoms with Gasteiger partial charge in [-0.3, -0.25) is 4.79 Å². The minimum absolute atomic E-state index is 0.0950. The van der Waals surface area contributed by atoms with Crippen molar-refractivity contribution in [3.63, 3.8) is 0 Å². The number of carbonyl (C=O) groups excluding carboxylic acids is 1. The van der Waals surface area contributed by atoms with E-state index in [-0.39, 0.29) is 11.9 Å². The maximum Gasteiger partial charge on any atom is 0.223 e. The van der Waals surface area contributed by atoms with Crippen LogP contribution < -0.4 is 0 Å². The third kappa shape index (κ3) is 3.55. The summed E-state index contributed by atoms with van der Waals surface area (Å²) in [5.41, 5.74) is 3.24. The van der Waals surface area contributed by atoms with E-state index in [1.165, 1.54) is 5.56 Å². The summed E-state index contributed by atoms with van der Waals surface area (Å²) in [6.45, 7) is 3.63. The molecule has 0 aliphatic carbocycles. The predicted molar refractivity (Wildman–Crippen MR) is 90.2 cm³/mol. The van der Waals surface area contributed by atoms with Crippen LogP contribution in [0.25, 0.3) is 11.0 Å². The Kier molecular flexibility index (Phi) is 4.96. The largest absolute Gasteiger partial charge is 0.385 e. The predicted octanol–water partition coefficient (Wildman–Crippen LogP) is 3.35. The number of carbonyl (C=O) groups is 1. The molecule has 1 aliphatic rings. The first kappa shape index (κ1) is 16.0. The number of nitrogens with one attached hydrogen (secondary N) is 1. The molecule has 2 heterocycles. The van der Waals surface area contributed by atoms with E-state index in [0.29, 0.717) is 6.42 Å². The van der Waals surface area contributed by atoms with Gasteiger partial charge in [0.05, 0.1) is 17.1 Å². The zero-order valence-electron chi connectivity index (χ0n) is 14.0.